The summed E-state index contributed by atoms with van der Waals surface area (Å²) in [7, 11) is 7.52. The molecule has 9 heteroatoms. The average Bonchev–Trinajstić information content (AvgIpc) is 2.79. The van der Waals surface area contributed by atoms with Crippen LogP contribution in [0.1, 0.15) is 18.4 Å². The van der Waals surface area contributed by atoms with E-state index in [0.717, 1.165) is 54.6 Å². The van der Waals surface area contributed by atoms with Gasteiger partial charge in [-0.15, -0.1) is 0 Å². The number of benzene rings is 1. The molecular formula is C23H36N6O3. The minimum absolute atomic E-state index is 0.497. The van der Waals surface area contributed by atoms with Crippen molar-refractivity contribution >= 4 is 11.6 Å². The highest BCUT2D eigenvalue weighted by Gasteiger charge is 2.33. The van der Waals surface area contributed by atoms with Crippen LogP contribution in [-0.2, 0) is 6.54 Å². The number of hydrogen-bond donors (Lipinski definition) is 3. The zero-order valence-electron chi connectivity index (χ0n) is 19.6. The number of piperidine rings is 1. The summed E-state index contributed by atoms with van der Waals surface area (Å²) in [5.74, 6) is 3.06. The topological polar surface area (TPSA) is 95.0 Å². The van der Waals surface area contributed by atoms with Gasteiger partial charge in [0.15, 0.2) is 11.5 Å². The van der Waals surface area contributed by atoms with E-state index in [0.29, 0.717) is 26.2 Å². The van der Waals surface area contributed by atoms with Gasteiger partial charge in [0.2, 0.25) is 0 Å². The Balaban J connectivity index is 1.54. The van der Waals surface area contributed by atoms with E-state index in [1.807, 2.05) is 45.4 Å². The summed E-state index contributed by atoms with van der Waals surface area (Å²) in [5.41, 5.74) is 0.259. The molecule has 0 aliphatic carbocycles. The summed E-state index contributed by atoms with van der Waals surface area (Å²) in [5, 5.41) is 17.6. The Morgan fingerprint density at radius 3 is 2.81 bits per heavy atom. The van der Waals surface area contributed by atoms with Crippen LogP contribution in [-0.4, -0.2) is 86.6 Å². The lowest BCUT2D eigenvalue weighted by atomic mass is 9.92. The SMILES string of the molecule is CNc1cc(N2CCC[C@@](O)(CNCc3ccc(OCCN(C)C)c(OC)c3)C2)ncn1. The lowest BCUT2D eigenvalue weighted by Crippen LogP contribution is -2.53. The number of ether oxygens (including phenoxy) is 2. The predicted molar refractivity (Wildman–Crippen MR) is 127 cm³/mol. The average molecular weight is 445 g/mol. The van der Waals surface area contributed by atoms with Crippen molar-refractivity contribution in [3.8, 4) is 11.5 Å². The Kier molecular flexibility index (Phi) is 8.49. The number of likely N-dealkylation sites (N-methyl/N-ethyl adjacent to an activating group) is 1. The summed E-state index contributed by atoms with van der Waals surface area (Å²) < 4.78 is 11.3. The fourth-order valence-corrected chi connectivity index (χ4v) is 3.83. The van der Waals surface area contributed by atoms with Gasteiger partial charge in [0.05, 0.1) is 12.7 Å². The Labute approximate surface area is 190 Å². The van der Waals surface area contributed by atoms with Gasteiger partial charge >= 0.3 is 0 Å². The Bertz CT molecular complexity index is 865. The third-order valence-electron chi connectivity index (χ3n) is 5.60. The van der Waals surface area contributed by atoms with Crippen molar-refractivity contribution in [2.24, 2.45) is 0 Å². The second kappa shape index (κ2) is 11.3. The molecule has 0 bridgehead atoms. The molecule has 1 aromatic heterocycles. The van der Waals surface area contributed by atoms with Crippen molar-refractivity contribution in [2.45, 2.75) is 25.0 Å². The van der Waals surface area contributed by atoms with E-state index in [2.05, 4.69) is 30.4 Å². The first-order chi connectivity index (χ1) is 15.4. The van der Waals surface area contributed by atoms with E-state index >= 15 is 0 Å². The normalized spacial score (nSPS) is 18.6. The molecule has 2 aromatic rings. The van der Waals surface area contributed by atoms with E-state index in [4.69, 9.17) is 9.47 Å². The third kappa shape index (κ3) is 6.69. The molecule has 1 saturated heterocycles. The van der Waals surface area contributed by atoms with E-state index in [1.54, 1.807) is 13.4 Å². The molecule has 0 spiro atoms. The highest BCUT2D eigenvalue weighted by atomic mass is 16.5. The number of rotatable bonds is 11. The van der Waals surface area contributed by atoms with Gasteiger partial charge in [0.1, 0.15) is 24.6 Å². The fourth-order valence-electron chi connectivity index (χ4n) is 3.83. The van der Waals surface area contributed by atoms with Crippen molar-refractivity contribution in [3.63, 3.8) is 0 Å². The molecule has 2 heterocycles. The first kappa shape index (κ1) is 24.0. The van der Waals surface area contributed by atoms with Gasteiger partial charge in [-0.3, -0.25) is 0 Å². The second-order valence-corrected chi connectivity index (χ2v) is 8.50. The van der Waals surface area contributed by atoms with E-state index in [1.165, 1.54) is 0 Å². The van der Waals surface area contributed by atoms with Crippen LogP contribution in [0.25, 0.3) is 0 Å². The standard InChI is InChI=1S/C23H36N6O3/c1-24-21-13-22(27-17-26-21)29-9-5-8-23(30,16-29)15-25-14-18-6-7-19(20(12-18)31-4)32-11-10-28(2)3/h6-7,12-13,17,25,30H,5,8-11,14-16H2,1-4H3,(H,24,26,27)/t23-/m1/s1. The quantitative estimate of drug-likeness (QED) is 0.477. The molecule has 0 saturated carbocycles. The molecule has 32 heavy (non-hydrogen) atoms. The number of hydrogen-bond acceptors (Lipinski definition) is 9. The summed E-state index contributed by atoms with van der Waals surface area (Å²) in [6.45, 7) is 3.97. The Morgan fingerprint density at radius 2 is 2.06 bits per heavy atom. The van der Waals surface area contributed by atoms with Crippen molar-refractivity contribution < 1.29 is 14.6 Å². The van der Waals surface area contributed by atoms with Crippen molar-refractivity contribution in [2.75, 3.05) is 71.3 Å². The van der Waals surface area contributed by atoms with Crippen LogP contribution in [0.3, 0.4) is 0 Å². The fraction of sp³-hybridized carbons (Fsp3) is 0.565. The molecule has 1 aliphatic rings. The number of β-amino-alcohol motifs (C(OH)–C–C–N with tert-alkyl or cyclic N) is 1. The van der Waals surface area contributed by atoms with Crippen LogP contribution in [0.2, 0.25) is 0 Å². The number of aromatic nitrogens is 2. The van der Waals surface area contributed by atoms with Crippen LogP contribution in [0.5, 0.6) is 11.5 Å². The Morgan fingerprint density at radius 1 is 1.22 bits per heavy atom. The lowest BCUT2D eigenvalue weighted by Gasteiger charge is -2.40. The zero-order valence-corrected chi connectivity index (χ0v) is 19.6. The molecule has 1 aliphatic heterocycles. The van der Waals surface area contributed by atoms with E-state index < -0.39 is 5.60 Å². The monoisotopic (exact) mass is 444 g/mol. The van der Waals surface area contributed by atoms with Crippen LogP contribution < -0.4 is 25.0 Å². The van der Waals surface area contributed by atoms with E-state index in [9.17, 15) is 5.11 Å². The smallest absolute Gasteiger partial charge is 0.161 e. The van der Waals surface area contributed by atoms with Crippen molar-refractivity contribution in [3.05, 3.63) is 36.2 Å². The Hall–Kier alpha value is -2.62. The highest BCUT2D eigenvalue weighted by molar-refractivity contribution is 5.48. The summed E-state index contributed by atoms with van der Waals surface area (Å²) in [6.07, 6.45) is 3.21. The molecule has 176 valence electrons. The third-order valence-corrected chi connectivity index (χ3v) is 5.60. The van der Waals surface area contributed by atoms with Gasteiger partial charge in [0, 0.05) is 45.8 Å². The number of anilines is 2. The summed E-state index contributed by atoms with van der Waals surface area (Å²) >= 11 is 0. The van der Waals surface area contributed by atoms with Crippen LogP contribution >= 0.6 is 0 Å². The first-order valence-electron chi connectivity index (χ1n) is 11.0. The van der Waals surface area contributed by atoms with E-state index in [-0.39, 0.29) is 0 Å². The zero-order chi connectivity index (χ0) is 23.0. The van der Waals surface area contributed by atoms with Crippen LogP contribution in [0.4, 0.5) is 11.6 Å². The van der Waals surface area contributed by atoms with Crippen LogP contribution in [0.15, 0.2) is 30.6 Å². The molecule has 1 fully saturated rings. The second-order valence-electron chi connectivity index (χ2n) is 8.50. The number of nitrogens with zero attached hydrogens (tertiary/aromatic N) is 4. The van der Waals surface area contributed by atoms with Crippen molar-refractivity contribution in [1.29, 1.82) is 0 Å². The molecule has 1 aromatic carbocycles. The molecule has 0 radical (unpaired) electrons. The van der Waals surface area contributed by atoms with Gasteiger partial charge < -0.3 is 35.0 Å². The van der Waals surface area contributed by atoms with Gasteiger partial charge in [-0.2, -0.15) is 0 Å². The highest BCUT2D eigenvalue weighted by Crippen LogP contribution is 2.29. The van der Waals surface area contributed by atoms with Gasteiger partial charge in [0.25, 0.3) is 0 Å². The molecule has 3 N–H and O–H groups in total. The molecule has 9 nitrogen and oxygen atoms in total. The first-order valence-corrected chi connectivity index (χ1v) is 11.0. The number of methoxy groups -OCH3 is 1. The van der Waals surface area contributed by atoms with Crippen LogP contribution in [0, 0.1) is 0 Å². The maximum absolute atomic E-state index is 11.2. The minimum atomic E-state index is -0.817. The lowest BCUT2D eigenvalue weighted by molar-refractivity contribution is 0.0259. The predicted octanol–water partition coefficient (Wildman–Crippen LogP) is 1.59. The van der Waals surface area contributed by atoms with Crippen molar-refractivity contribution in [1.82, 2.24) is 20.2 Å². The summed E-state index contributed by atoms with van der Waals surface area (Å²) in [4.78, 5) is 12.7. The molecular weight excluding hydrogens is 408 g/mol. The molecule has 0 amide bonds. The largest absolute Gasteiger partial charge is 0.493 e. The maximum Gasteiger partial charge on any atom is 0.161 e. The van der Waals surface area contributed by atoms with Gasteiger partial charge in [-0.1, -0.05) is 6.07 Å². The van der Waals surface area contributed by atoms with Gasteiger partial charge in [-0.25, -0.2) is 9.97 Å². The number of aliphatic hydroxyl groups is 1. The summed E-state index contributed by atoms with van der Waals surface area (Å²) in [6, 6.07) is 7.86. The molecule has 3 rings (SSSR count). The minimum Gasteiger partial charge on any atom is -0.493 e. The van der Waals surface area contributed by atoms with Gasteiger partial charge in [-0.05, 0) is 44.6 Å². The maximum atomic E-state index is 11.2. The molecule has 1 atom stereocenters. The number of nitrogens with one attached hydrogen (secondary N) is 2. The molecule has 0 unspecified atom stereocenters.